The highest BCUT2D eigenvalue weighted by atomic mass is 35.5. The lowest BCUT2D eigenvalue weighted by molar-refractivity contribution is -0.133. The van der Waals surface area contributed by atoms with Crippen molar-refractivity contribution in [2.45, 2.75) is 57.0 Å². The summed E-state index contributed by atoms with van der Waals surface area (Å²) >= 11 is 0. The van der Waals surface area contributed by atoms with Crippen LogP contribution >= 0.6 is 12.4 Å². The van der Waals surface area contributed by atoms with E-state index in [0.717, 1.165) is 38.0 Å². The van der Waals surface area contributed by atoms with Gasteiger partial charge in [0.05, 0.1) is 13.2 Å². The number of halogens is 1. The Morgan fingerprint density at radius 3 is 2.54 bits per heavy atom. The molecular weight excluding hydrogens is 324 g/mol. The van der Waals surface area contributed by atoms with Crippen molar-refractivity contribution in [3.05, 3.63) is 29.8 Å². The molecule has 0 aromatic heterocycles. The average Bonchev–Trinajstić information content (AvgIpc) is 3.07. The molecule has 1 saturated heterocycles. The lowest BCUT2D eigenvalue weighted by Crippen LogP contribution is -2.38. The van der Waals surface area contributed by atoms with Crippen LogP contribution < -0.4 is 10.5 Å². The van der Waals surface area contributed by atoms with Crippen molar-refractivity contribution in [1.82, 2.24) is 4.90 Å². The van der Waals surface area contributed by atoms with Crippen LogP contribution in [0, 0.1) is 5.92 Å². The first-order valence-electron chi connectivity index (χ1n) is 8.88. The maximum atomic E-state index is 12.8. The normalized spacial score (nSPS) is 26.8. The quantitative estimate of drug-likeness (QED) is 0.899. The third kappa shape index (κ3) is 4.22. The van der Waals surface area contributed by atoms with Crippen molar-refractivity contribution in [3.63, 3.8) is 0 Å². The molecule has 2 aliphatic rings. The van der Waals surface area contributed by atoms with E-state index < -0.39 is 0 Å². The summed E-state index contributed by atoms with van der Waals surface area (Å²) in [7, 11) is 1.67. The number of methoxy groups -OCH3 is 1. The highest BCUT2D eigenvalue weighted by molar-refractivity contribution is 5.85. The number of nitrogens with zero attached hydrogens (tertiary/aromatic N) is 1. The molecule has 24 heavy (non-hydrogen) atoms. The van der Waals surface area contributed by atoms with Crippen LogP contribution in [0.25, 0.3) is 0 Å². The van der Waals surface area contributed by atoms with Gasteiger partial charge >= 0.3 is 0 Å². The number of ether oxygens (including phenoxy) is 1. The Labute approximate surface area is 151 Å². The summed E-state index contributed by atoms with van der Waals surface area (Å²) in [5, 5.41) is 0. The topological polar surface area (TPSA) is 55.6 Å². The van der Waals surface area contributed by atoms with Gasteiger partial charge in [0, 0.05) is 19.0 Å². The van der Waals surface area contributed by atoms with Gasteiger partial charge in [-0.1, -0.05) is 25.0 Å². The van der Waals surface area contributed by atoms with Crippen LogP contribution in [0.1, 0.15) is 56.6 Å². The van der Waals surface area contributed by atoms with Crippen LogP contribution in [0.2, 0.25) is 0 Å². The fraction of sp³-hybridized carbons (Fsp3) is 0.632. The summed E-state index contributed by atoms with van der Waals surface area (Å²) in [5.74, 6) is 1.51. The molecule has 0 spiro atoms. The summed E-state index contributed by atoms with van der Waals surface area (Å²) in [6, 6.07) is 8.55. The molecule has 1 aliphatic heterocycles. The Morgan fingerprint density at radius 2 is 1.88 bits per heavy atom. The summed E-state index contributed by atoms with van der Waals surface area (Å²) in [4.78, 5) is 14.9. The number of amides is 1. The van der Waals surface area contributed by atoms with Gasteiger partial charge in [-0.2, -0.15) is 0 Å². The first kappa shape index (κ1) is 19.1. The molecule has 1 saturated carbocycles. The van der Waals surface area contributed by atoms with Crippen LogP contribution in [-0.4, -0.2) is 30.5 Å². The van der Waals surface area contributed by atoms with Gasteiger partial charge in [0.15, 0.2) is 0 Å². The number of rotatable bonds is 4. The van der Waals surface area contributed by atoms with Crippen molar-refractivity contribution in [1.29, 1.82) is 0 Å². The Balaban J connectivity index is 0.00000208. The summed E-state index contributed by atoms with van der Waals surface area (Å²) in [6.45, 7) is 0.873. The fourth-order valence-corrected chi connectivity index (χ4v) is 4.07. The minimum Gasteiger partial charge on any atom is -0.497 e. The molecule has 0 bridgehead atoms. The largest absolute Gasteiger partial charge is 0.497 e. The van der Waals surface area contributed by atoms with Gasteiger partial charge in [-0.15, -0.1) is 12.4 Å². The average molecular weight is 353 g/mol. The minimum absolute atomic E-state index is 0. The number of carbonyl (C=O) groups is 1. The number of benzene rings is 1. The first-order chi connectivity index (χ1) is 11.2. The lowest BCUT2D eigenvalue weighted by Gasteiger charge is -2.31. The predicted molar refractivity (Wildman–Crippen MR) is 98.5 cm³/mol. The van der Waals surface area contributed by atoms with Crippen LogP contribution in [0.15, 0.2) is 24.3 Å². The molecule has 0 radical (unpaired) electrons. The number of hydrogen-bond acceptors (Lipinski definition) is 3. The number of nitrogens with two attached hydrogens (primary N) is 1. The maximum absolute atomic E-state index is 12.8. The Morgan fingerprint density at radius 1 is 1.17 bits per heavy atom. The molecule has 1 aromatic rings. The minimum atomic E-state index is 0. The molecule has 4 nitrogen and oxygen atoms in total. The molecule has 1 aliphatic carbocycles. The summed E-state index contributed by atoms with van der Waals surface area (Å²) < 4.78 is 5.22. The lowest BCUT2D eigenvalue weighted by atomic mass is 9.82. The van der Waals surface area contributed by atoms with E-state index >= 15 is 0 Å². The molecule has 1 heterocycles. The molecule has 134 valence electrons. The monoisotopic (exact) mass is 352 g/mol. The van der Waals surface area contributed by atoms with Gasteiger partial charge in [-0.25, -0.2) is 0 Å². The predicted octanol–water partition coefficient (Wildman–Crippen LogP) is 3.69. The Kier molecular flexibility index (Phi) is 6.93. The molecule has 1 aromatic carbocycles. The molecule has 3 unspecified atom stereocenters. The number of hydrogen-bond donors (Lipinski definition) is 1. The molecule has 1 amide bonds. The molecule has 3 rings (SSSR count). The van der Waals surface area contributed by atoms with Crippen molar-refractivity contribution in [3.8, 4) is 5.75 Å². The van der Waals surface area contributed by atoms with E-state index in [1.54, 1.807) is 7.11 Å². The van der Waals surface area contributed by atoms with E-state index in [1.807, 2.05) is 12.1 Å². The third-order valence-electron chi connectivity index (χ3n) is 5.48. The standard InChI is InChI=1S/C19H28N2O2.ClH/c1-23-16-10-8-14(9-11-16)18-7-4-12-21(18)19(22)13-15-5-2-3-6-17(15)20;/h8-11,15,17-18H,2-7,12-13,20H2,1H3;1H. The van der Waals surface area contributed by atoms with Crippen molar-refractivity contribution in [2.24, 2.45) is 11.7 Å². The third-order valence-corrected chi connectivity index (χ3v) is 5.48. The zero-order valence-electron chi connectivity index (χ0n) is 14.4. The second-order valence-corrected chi connectivity index (χ2v) is 6.93. The zero-order valence-corrected chi connectivity index (χ0v) is 15.3. The Hall–Kier alpha value is -1.26. The molecule has 3 atom stereocenters. The van der Waals surface area contributed by atoms with Gasteiger partial charge in [0.1, 0.15) is 5.75 Å². The zero-order chi connectivity index (χ0) is 16.2. The van der Waals surface area contributed by atoms with Gasteiger partial charge in [0.25, 0.3) is 0 Å². The molecular formula is C19H29ClN2O2. The van der Waals surface area contributed by atoms with Crippen LogP contribution in [0.4, 0.5) is 0 Å². The van der Waals surface area contributed by atoms with E-state index in [9.17, 15) is 4.79 Å². The van der Waals surface area contributed by atoms with Gasteiger partial charge < -0.3 is 15.4 Å². The summed E-state index contributed by atoms with van der Waals surface area (Å²) in [5.41, 5.74) is 7.43. The van der Waals surface area contributed by atoms with Gasteiger partial charge in [-0.05, 0) is 49.3 Å². The van der Waals surface area contributed by atoms with Crippen molar-refractivity contribution in [2.75, 3.05) is 13.7 Å². The molecule has 5 heteroatoms. The SMILES string of the molecule is COc1ccc(C2CCCN2C(=O)CC2CCCCC2N)cc1.Cl. The number of carbonyl (C=O) groups excluding carboxylic acids is 1. The van der Waals surface area contributed by atoms with Crippen molar-refractivity contribution >= 4 is 18.3 Å². The van der Waals surface area contributed by atoms with Crippen LogP contribution in [0.5, 0.6) is 5.75 Å². The summed E-state index contributed by atoms with van der Waals surface area (Å²) in [6.07, 6.45) is 7.35. The van der Waals surface area contributed by atoms with E-state index in [2.05, 4.69) is 17.0 Å². The van der Waals surface area contributed by atoms with Crippen LogP contribution in [-0.2, 0) is 4.79 Å². The van der Waals surface area contributed by atoms with Gasteiger partial charge in [-0.3, -0.25) is 4.79 Å². The van der Waals surface area contributed by atoms with Crippen LogP contribution in [0.3, 0.4) is 0 Å². The molecule has 2 fully saturated rings. The van der Waals surface area contributed by atoms with Gasteiger partial charge in [0.2, 0.25) is 5.91 Å². The highest BCUT2D eigenvalue weighted by Gasteiger charge is 2.32. The second-order valence-electron chi connectivity index (χ2n) is 6.93. The van der Waals surface area contributed by atoms with E-state index in [4.69, 9.17) is 10.5 Å². The second kappa shape index (κ2) is 8.72. The van der Waals surface area contributed by atoms with Crippen molar-refractivity contribution < 1.29 is 9.53 Å². The first-order valence-corrected chi connectivity index (χ1v) is 8.88. The fourth-order valence-electron chi connectivity index (χ4n) is 4.07. The smallest absolute Gasteiger partial charge is 0.223 e. The highest BCUT2D eigenvalue weighted by Crippen LogP contribution is 2.35. The van der Waals surface area contributed by atoms with E-state index in [-0.39, 0.29) is 30.4 Å². The van der Waals surface area contributed by atoms with E-state index in [1.165, 1.54) is 18.4 Å². The van der Waals surface area contributed by atoms with E-state index in [0.29, 0.717) is 12.3 Å². The molecule has 2 N–H and O–H groups in total. The number of likely N-dealkylation sites (tertiary alicyclic amines) is 1. The maximum Gasteiger partial charge on any atom is 0.223 e. The Bertz CT molecular complexity index is 535.